The molecule has 0 radical (unpaired) electrons. The molecule has 364 valence electrons. The van der Waals surface area contributed by atoms with Crippen LogP contribution in [-0.2, 0) is 5.41 Å². The molecule has 0 N–H and O–H groups in total. The van der Waals surface area contributed by atoms with Crippen molar-refractivity contribution >= 4 is 11.6 Å². The zero-order chi connectivity index (χ0) is 51.4. The molecule has 0 aliphatic heterocycles. The molecule has 0 unspecified atom stereocenters. The summed E-state index contributed by atoms with van der Waals surface area (Å²) >= 11 is 0. The Morgan fingerprint density at radius 1 is 0.472 bits per heavy atom. The van der Waals surface area contributed by atoms with Gasteiger partial charge in [-0.2, -0.15) is 8.78 Å². The highest BCUT2D eigenvalue weighted by Crippen LogP contribution is 2.56. The van der Waals surface area contributed by atoms with E-state index in [4.69, 9.17) is 14.2 Å². The fourth-order valence-electron chi connectivity index (χ4n) is 9.11. The number of hydrogen-bond acceptors (Lipinski definition) is 5. The van der Waals surface area contributed by atoms with E-state index in [9.17, 15) is 27.2 Å². The maximum atomic E-state index is 15.8. The Morgan fingerprint density at radius 2 is 0.833 bits per heavy atom. The summed E-state index contributed by atoms with van der Waals surface area (Å²) in [5.41, 5.74) is -0.0857. The molecule has 0 spiro atoms. The summed E-state index contributed by atoms with van der Waals surface area (Å²) in [6, 6.07) is 39.3. The quantitative estimate of drug-likeness (QED) is 0.0617. The van der Waals surface area contributed by atoms with E-state index in [1.54, 1.807) is 12.1 Å². The van der Waals surface area contributed by atoms with Gasteiger partial charge in [-0.25, -0.2) is 26.3 Å². The van der Waals surface area contributed by atoms with Crippen molar-refractivity contribution in [2.24, 2.45) is 0 Å². The van der Waals surface area contributed by atoms with Crippen LogP contribution in [0.3, 0.4) is 0 Å². The van der Waals surface area contributed by atoms with Crippen molar-refractivity contribution in [1.82, 2.24) is 0 Å². The summed E-state index contributed by atoms with van der Waals surface area (Å²) in [5, 5.41) is 0. The van der Waals surface area contributed by atoms with E-state index in [-0.39, 0.29) is 28.4 Å². The third kappa shape index (κ3) is 8.35. The van der Waals surface area contributed by atoms with Gasteiger partial charge in [0.15, 0.2) is 46.5 Å². The van der Waals surface area contributed by atoms with Gasteiger partial charge in [0.1, 0.15) is 39.7 Å². The Morgan fingerprint density at radius 3 is 1.24 bits per heavy atom. The van der Waals surface area contributed by atoms with Gasteiger partial charge < -0.3 is 14.2 Å². The number of halogens is 8. The molecule has 0 aromatic heterocycles. The molecule has 0 fully saturated rings. The minimum Gasteiger partial charge on any atom is -0.488 e. The number of benzene rings is 8. The Balaban J connectivity index is 0.946. The van der Waals surface area contributed by atoms with Crippen LogP contribution in [0.1, 0.15) is 107 Å². The van der Waals surface area contributed by atoms with Crippen LogP contribution in [-0.4, -0.2) is 17.2 Å². The Labute approximate surface area is 409 Å². The van der Waals surface area contributed by atoms with Crippen LogP contribution < -0.4 is 14.2 Å². The fraction of sp³-hybridized carbons (Fsp3) is 0.153. The molecule has 13 heteroatoms. The minimum absolute atomic E-state index is 0.0375. The zero-order valence-electron chi connectivity index (χ0n) is 39.2. The SMILES string of the molecule is CCC(C)(C)Oc1ccc(C2(c3ccc(Oc4c(F)c(F)c(C(=O)c5ccc(Oc6ccc(C(=O)c7c(F)c(F)c(C(C)C)c(F)c7F)cc6)cc5)c(F)c4F)cc3)c3ccccc3-c3ccccc32)cc1. The number of ether oxygens (including phenoxy) is 3. The first-order valence-electron chi connectivity index (χ1n) is 22.8. The lowest BCUT2D eigenvalue weighted by molar-refractivity contribution is 0.102. The first-order chi connectivity index (χ1) is 34.4. The molecular formula is C59H42F8O5. The molecule has 5 nitrogen and oxygen atoms in total. The van der Waals surface area contributed by atoms with Crippen LogP contribution in [0.2, 0.25) is 0 Å². The van der Waals surface area contributed by atoms with E-state index in [2.05, 4.69) is 0 Å². The monoisotopic (exact) mass is 982 g/mol. The van der Waals surface area contributed by atoms with Gasteiger partial charge in [0.25, 0.3) is 0 Å². The molecule has 0 heterocycles. The average Bonchev–Trinajstić information content (AvgIpc) is 3.68. The maximum absolute atomic E-state index is 15.8. The van der Waals surface area contributed by atoms with E-state index in [1.807, 2.05) is 93.6 Å². The highest BCUT2D eigenvalue weighted by Gasteiger charge is 2.46. The van der Waals surface area contributed by atoms with Crippen LogP contribution in [0, 0.1) is 46.5 Å². The lowest BCUT2D eigenvalue weighted by atomic mass is 9.68. The summed E-state index contributed by atoms with van der Waals surface area (Å²) in [4.78, 5) is 26.4. The molecule has 1 aliphatic carbocycles. The first kappa shape index (κ1) is 48.9. The van der Waals surface area contributed by atoms with Crippen LogP contribution >= 0.6 is 0 Å². The topological polar surface area (TPSA) is 61.8 Å². The Kier molecular flexibility index (Phi) is 12.9. The molecule has 72 heavy (non-hydrogen) atoms. The van der Waals surface area contributed by atoms with Gasteiger partial charge in [-0.05, 0) is 132 Å². The number of fused-ring (bicyclic) bond motifs is 3. The average molecular weight is 983 g/mol. The zero-order valence-corrected chi connectivity index (χ0v) is 39.2. The number of hydrogen-bond donors (Lipinski definition) is 0. The van der Waals surface area contributed by atoms with Crippen molar-refractivity contribution in [1.29, 1.82) is 0 Å². The molecular weight excluding hydrogens is 941 g/mol. The van der Waals surface area contributed by atoms with Gasteiger partial charge in [0.05, 0.1) is 5.41 Å². The molecule has 0 saturated heterocycles. The molecule has 9 rings (SSSR count). The minimum atomic E-state index is -1.99. The van der Waals surface area contributed by atoms with Gasteiger partial charge in [-0.1, -0.05) is 93.6 Å². The Bertz CT molecular complexity index is 3320. The van der Waals surface area contributed by atoms with Gasteiger partial charge in [-0.15, -0.1) is 0 Å². The predicted octanol–water partition coefficient (Wildman–Crippen LogP) is 15.9. The predicted molar refractivity (Wildman–Crippen MR) is 255 cm³/mol. The second-order valence-electron chi connectivity index (χ2n) is 18.2. The van der Waals surface area contributed by atoms with Gasteiger partial charge in [-0.3, -0.25) is 9.59 Å². The molecule has 0 atom stereocenters. The standard InChI is InChI=1S/C59H42F8O5/c1-6-58(4,5)72-39-29-21-35(22-30-39)59(42-13-9-7-11-40(42)41-12-8-10-14-43(41)59)34-19-27-38(28-20-34)71-57-53(66)51(64)46(52(65)54(57)67)56(69)33-17-25-37(26-18-33)70-36-23-15-32(16-24-36)55(68)45-49(62)47(60)44(31(2)3)48(61)50(45)63/h7-31H,6H2,1-5H3. The Hall–Kier alpha value is -8.06. The van der Waals surface area contributed by atoms with E-state index in [0.717, 1.165) is 64.1 Å². The van der Waals surface area contributed by atoms with Crippen LogP contribution in [0.4, 0.5) is 35.1 Å². The summed E-state index contributed by atoms with van der Waals surface area (Å²) in [6.07, 6.45) is 0.789. The van der Waals surface area contributed by atoms with E-state index < -0.39 is 97.5 Å². The smallest absolute Gasteiger partial charge is 0.205 e. The van der Waals surface area contributed by atoms with E-state index >= 15 is 17.6 Å². The van der Waals surface area contributed by atoms with E-state index in [0.29, 0.717) is 5.75 Å². The number of carbonyl (C=O) groups excluding carboxylic acids is 2. The van der Waals surface area contributed by atoms with Crippen molar-refractivity contribution in [3.05, 3.63) is 242 Å². The number of rotatable bonds is 14. The van der Waals surface area contributed by atoms with Gasteiger partial charge in [0, 0.05) is 16.7 Å². The van der Waals surface area contributed by atoms with Crippen molar-refractivity contribution in [3.63, 3.8) is 0 Å². The van der Waals surface area contributed by atoms with Crippen molar-refractivity contribution in [3.8, 4) is 39.9 Å². The second-order valence-corrected chi connectivity index (χ2v) is 18.2. The lowest BCUT2D eigenvalue weighted by Crippen LogP contribution is -2.29. The van der Waals surface area contributed by atoms with Crippen LogP contribution in [0.5, 0.6) is 28.7 Å². The first-order valence-corrected chi connectivity index (χ1v) is 22.8. The molecule has 0 bridgehead atoms. The molecule has 0 saturated carbocycles. The largest absolute Gasteiger partial charge is 0.488 e. The summed E-state index contributed by atoms with van der Waals surface area (Å²) in [7, 11) is 0. The third-order valence-corrected chi connectivity index (χ3v) is 13.0. The van der Waals surface area contributed by atoms with Gasteiger partial charge >= 0.3 is 0 Å². The van der Waals surface area contributed by atoms with Gasteiger partial charge in [0.2, 0.25) is 17.4 Å². The summed E-state index contributed by atoms with van der Waals surface area (Å²) < 4.78 is 139. The van der Waals surface area contributed by atoms with Crippen LogP contribution in [0.25, 0.3) is 11.1 Å². The number of carbonyl (C=O) groups is 2. The second kappa shape index (κ2) is 18.9. The summed E-state index contributed by atoms with van der Waals surface area (Å²) in [6.45, 7) is 8.73. The summed E-state index contributed by atoms with van der Waals surface area (Å²) in [5.74, 6) is -19.3. The third-order valence-electron chi connectivity index (χ3n) is 13.0. The maximum Gasteiger partial charge on any atom is 0.205 e. The van der Waals surface area contributed by atoms with Crippen LogP contribution in [0.15, 0.2) is 146 Å². The normalized spacial score (nSPS) is 12.6. The van der Waals surface area contributed by atoms with Crippen molar-refractivity contribution in [2.45, 2.75) is 58.0 Å². The molecule has 8 aromatic carbocycles. The van der Waals surface area contributed by atoms with E-state index in [1.165, 1.54) is 50.2 Å². The van der Waals surface area contributed by atoms with Crippen molar-refractivity contribution in [2.75, 3.05) is 0 Å². The molecule has 8 aromatic rings. The highest BCUT2D eigenvalue weighted by atomic mass is 19.2. The highest BCUT2D eigenvalue weighted by molar-refractivity contribution is 6.10. The molecule has 0 amide bonds. The van der Waals surface area contributed by atoms with Crippen molar-refractivity contribution < 1.29 is 58.9 Å². The molecule has 1 aliphatic rings. The lowest BCUT2D eigenvalue weighted by Gasteiger charge is -2.34. The number of ketones is 2. The fourth-order valence-corrected chi connectivity index (χ4v) is 9.11.